The van der Waals surface area contributed by atoms with Crippen LogP contribution in [0.4, 0.5) is 4.79 Å². The van der Waals surface area contributed by atoms with Gasteiger partial charge >= 0.3 is 12.1 Å². The van der Waals surface area contributed by atoms with Crippen molar-refractivity contribution >= 4 is 28.9 Å². The first-order chi connectivity index (χ1) is 15.4. The van der Waals surface area contributed by atoms with Crippen LogP contribution in [-0.2, 0) is 25.5 Å². The molecule has 33 heavy (non-hydrogen) atoms. The van der Waals surface area contributed by atoms with Crippen LogP contribution in [0.1, 0.15) is 46.6 Å². The van der Waals surface area contributed by atoms with Crippen LogP contribution < -0.4 is 10.6 Å². The van der Waals surface area contributed by atoms with Crippen LogP contribution in [0, 0.1) is 5.92 Å². The smallest absolute Gasteiger partial charge is 0.407 e. The van der Waals surface area contributed by atoms with Crippen molar-refractivity contribution in [2.75, 3.05) is 7.11 Å². The maximum Gasteiger partial charge on any atom is 0.407 e. The van der Waals surface area contributed by atoms with Crippen molar-refractivity contribution in [3.63, 3.8) is 0 Å². The number of amides is 2. The summed E-state index contributed by atoms with van der Waals surface area (Å²) in [6.45, 7) is 8.97. The molecule has 0 spiro atoms. The number of ether oxygens (including phenoxy) is 2. The molecule has 0 fully saturated rings. The third-order valence-electron chi connectivity index (χ3n) is 4.98. The van der Waals surface area contributed by atoms with Gasteiger partial charge in [-0.25, -0.2) is 9.59 Å². The maximum atomic E-state index is 12.9. The number of aliphatic hydroxyl groups is 1. The van der Waals surface area contributed by atoms with Crippen LogP contribution >= 0.6 is 0 Å². The van der Waals surface area contributed by atoms with Crippen LogP contribution in [-0.4, -0.2) is 59.0 Å². The summed E-state index contributed by atoms with van der Waals surface area (Å²) in [5.41, 5.74) is 0.997. The molecule has 1 aromatic carbocycles. The van der Waals surface area contributed by atoms with Crippen LogP contribution in [0.15, 0.2) is 30.5 Å². The zero-order valence-corrected chi connectivity index (χ0v) is 20.1. The van der Waals surface area contributed by atoms with E-state index in [1.54, 1.807) is 27.0 Å². The Bertz CT molecular complexity index is 963. The number of fused-ring (bicyclic) bond motifs is 1. The van der Waals surface area contributed by atoms with Crippen molar-refractivity contribution in [3.8, 4) is 0 Å². The molecule has 0 radical (unpaired) electrons. The average molecular weight is 462 g/mol. The molecule has 0 aliphatic rings. The number of aromatic amines is 1. The summed E-state index contributed by atoms with van der Waals surface area (Å²) < 4.78 is 10.1. The fraction of sp³-hybridized carbons (Fsp3) is 0.542. The largest absolute Gasteiger partial charge is 0.467 e. The predicted molar refractivity (Wildman–Crippen MR) is 125 cm³/mol. The van der Waals surface area contributed by atoms with Crippen LogP contribution in [0.3, 0.4) is 0 Å². The SMILES string of the molecule is COC(=O)[C@H](Cc1c[nH]c2ccccc12)NC(=O)[C@H](O)[C@H](CC(C)C)NC(=O)OC(C)(C)C. The number of esters is 1. The zero-order chi connectivity index (χ0) is 24.8. The van der Waals surface area contributed by atoms with Crippen LogP contribution in [0.25, 0.3) is 10.9 Å². The summed E-state index contributed by atoms with van der Waals surface area (Å²) in [6.07, 6.45) is -0.0457. The number of alkyl carbamates (subject to hydrolysis) is 1. The molecule has 0 bridgehead atoms. The Morgan fingerprint density at radius 1 is 1.12 bits per heavy atom. The van der Waals surface area contributed by atoms with E-state index in [2.05, 4.69) is 15.6 Å². The van der Waals surface area contributed by atoms with Gasteiger partial charge in [0.1, 0.15) is 11.6 Å². The van der Waals surface area contributed by atoms with Crippen molar-refractivity contribution in [2.45, 2.75) is 71.2 Å². The first kappa shape index (κ1) is 26.2. The Morgan fingerprint density at radius 2 is 1.79 bits per heavy atom. The Kier molecular flexibility index (Phi) is 8.87. The number of rotatable bonds is 9. The molecule has 0 saturated heterocycles. The molecule has 0 aliphatic heterocycles. The molecule has 3 atom stereocenters. The summed E-state index contributed by atoms with van der Waals surface area (Å²) in [5.74, 6) is -1.34. The lowest BCUT2D eigenvalue weighted by atomic mass is 9.98. The number of H-pyrrole nitrogens is 1. The highest BCUT2D eigenvalue weighted by Gasteiger charge is 2.33. The van der Waals surface area contributed by atoms with Gasteiger partial charge in [-0.15, -0.1) is 0 Å². The van der Waals surface area contributed by atoms with Gasteiger partial charge in [-0.1, -0.05) is 32.0 Å². The standard InChI is InChI=1S/C24H35N3O6/c1-14(2)11-18(27-23(31)33-24(3,4)5)20(28)21(29)26-19(22(30)32-6)12-15-13-25-17-10-8-7-9-16(15)17/h7-10,13-14,18-20,25,28H,11-12H2,1-6H3,(H,26,29)(H,27,31)/t18-,19-,20+/m0/s1. The molecule has 182 valence electrons. The van der Waals surface area contributed by atoms with E-state index >= 15 is 0 Å². The number of nitrogens with one attached hydrogen (secondary N) is 3. The van der Waals surface area contributed by atoms with Gasteiger partial charge in [-0.2, -0.15) is 0 Å². The first-order valence-corrected chi connectivity index (χ1v) is 11.0. The number of aliphatic hydroxyl groups excluding tert-OH is 1. The summed E-state index contributed by atoms with van der Waals surface area (Å²) in [4.78, 5) is 40.7. The first-order valence-electron chi connectivity index (χ1n) is 11.0. The molecule has 0 aliphatic carbocycles. The van der Waals surface area contributed by atoms with Gasteiger partial charge < -0.3 is 30.2 Å². The Balaban J connectivity index is 2.16. The van der Waals surface area contributed by atoms with Crippen molar-refractivity contribution in [3.05, 3.63) is 36.0 Å². The highest BCUT2D eigenvalue weighted by molar-refractivity contribution is 5.89. The molecule has 2 rings (SSSR count). The lowest BCUT2D eigenvalue weighted by Crippen LogP contribution is -2.55. The number of para-hydroxylation sites is 1. The molecule has 2 aromatic rings. The third-order valence-corrected chi connectivity index (χ3v) is 4.98. The van der Waals surface area contributed by atoms with Crippen molar-refractivity contribution in [1.29, 1.82) is 0 Å². The van der Waals surface area contributed by atoms with Crippen molar-refractivity contribution < 1.29 is 29.0 Å². The summed E-state index contributed by atoms with van der Waals surface area (Å²) in [7, 11) is 1.23. The topological polar surface area (TPSA) is 130 Å². The van der Waals surface area contributed by atoms with E-state index in [4.69, 9.17) is 9.47 Å². The van der Waals surface area contributed by atoms with Gasteiger partial charge in [0, 0.05) is 23.5 Å². The van der Waals surface area contributed by atoms with Gasteiger partial charge in [0.25, 0.3) is 5.91 Å². The number of carbonyl (C=O) groups excluding carboxylic acids is 3. The molecule has 1 aromatic heterocycles. The average Bonchev–Trinajstić information content (AvgIpc) is 3.12. The second kappa shape index (κ2) is 11.2. The molecular formula is C24H35N3O6. The zero-order valence-electron chi connectivity index (χ0n) is 20.1. The number of benzene rings is 1. The fourth-order valence-electron chi connectivity index (χ4n) is 3.53. The van der Waals surface area contributed by atoms with E-state index in [9.17, 15) is 19.5 Å². The van der Waals surface area contributed by atoms with Gasteiger partial charge in [0.2, 0.25) is 0 Å². The third kappa shape index (κ3) is 7.78. The molecule has 9 heteroatoms. The fourth-order valence-corrected chi connectivity index (χ4v) is 3.53. The Morgan fingerprint density at radius 3 is 2.39 bits per heavy atom. The van der Waals surface area contributed by atoms with E-state index in [-0.39, 0.29) is 12.3 Å². The van der Waals surface area contributed by atoms with Crippen molar-refractivity contribution in [2.24, 2.45) is 5.92 Å². The van der Waals surface area contributed by atoms with E-state index in [0.29, 0.717) is 6.42 Å². The molecule has 9 nitrogen and oxygen atoms in total. The monoisotopic (exact) mass is 461 g/mol. The lowest BCUT2D eigenvalue weighted by molar-refractivity contribution is -0.146. The number of aromatic nitrogens is 1. The number of methoxy groups -OCH3 is 1. The quantitative estimate of drug-likeness (QED) is 0.425. The summed E-state index contributed by atoms with van der Waals surface area (Å²) in [6, 6.07) is 5.69. The normalized spacial score (nSPS) is 14.4. The predicted octanol–water partition coefficient (Wildman–Crippen LogP) is 2.67. The van der Waals surface area contributed by atoms with E-state index in [0.717, 1.165) is 16.5 Å². The van der Waals surface area contributed by atoms with Crippen LogP contribution in [0.2, 0.25) is 0 Å². The van der Waals surface area contributed by atoms with Gasteiger partial charge in [-0.3, -0.25) is 4.79 Å². The highest BCUT2D eigenvalue weighted by atomic mass is 16.6. The lowest BCUT2D eigenvalue weighted by Gasteiger charge is -2.28. The second-order valence-electron chi connectivity index (χ2n) is 9.48. The molecular weight excluding hydrogens is 426 g/mol. The van der Waals surface area contributed by atoms with Crippen molar-refractivity contribution in [1.82, 2.24) is 15.6 Å². The highest BCUT2D eigenvalue weighted by Crippen LogP contribution is 2.20. The summed E-state index contributed by atoms with van der Waals surface area (Å²) >= 11 is 0. The van der Waals surface area contributed by atoms with E-state index in [1.807, 2.05) is 38.1 Å². The molecule has 4 N–H and O–H groups in total. The molecule has 1 heterocycles. The minimum absolute atomic E-state index is 0.0787. The number of hydrogen-bond acceptors (Lipinski definition) is 6. The minimum Gasteiger partial charge on any atom is -0.467 e. The molecule has 2 amide bonds. The van der Waals surface area contributed by atoms with E-state index in [1.165, 1.54) is 7.11 Å². The number of carbonyl (C=O) groups is 3. The summed E-state index contributed by atoms with van der Waals surface area (Å²) in [5, 5.41) is 16.8. The van der Waals surface area contributed by atoms with Gasteiger partial charge in [0.05, 0.1) is 13.2 Å². The maximum absolute atomic E-state index is 12.9. The second-order valence-corrected chi connectivity index (χ2v) is 9.48. The minimum atomic E-state index is -1.59. The number of hydrogen-bond donors (Lipinski definition) is 4. The molecule has 0 unspecified atom stereocenters. The Hall–Kier alpha value is -3.07. The van der Waals surface area contributed by atoms with Crippen LogP contribution in [0.5, 0.6) is 0 Å². The molecule has 0 saturated carbocycles. The van der Waals surface area contributed by atoms with Gasteiger partial charge in [-0.05, 0) is 44.7 Å². The van der Waals surface area contributed by atoms with Gasteiger partial charge in [0.15, 0.2) is 6.10 Å². The Labute approximate surface area is 194 Å². The van der Waals surface area contributed by atoms with E-state index < -0.39 is 41.8 Å².